The number of amides is 1. The van der Waals surface area contributed by atoms with E-state index < -0.39 is 6.04 Å². The predicted octanol–water partition coefficient (Wildman–Crippen LogP) is 2.43. The maximum absolute atomic E-state index is 11.4. The molecule has 5 nitrogen and oxygen atoms in total. The van der Waals surface area contributed by atoms with Crippen LogP contribution in [0.2, 0.25) is 0 Å². The highest BCUT2D eigenvalue weighted by atomic mass is 32.1. The molecule has 0 radical (unpaired) electrons. The van der Waals surface area contributed by atoms with Gasteiger partial charge in [0.25, 0.3) is 0 Å². The Morgan fingerprint density at radius 1 is 1.00 bits per heavy atom. The maximum Gasteiger partial charge on any atom is 0.305 e. The number of hydrogen-bond acceptors (Lipinski definition) is 5. The molecule has 0 aromatic carbocycles. The third-order valence-electron chi connectivity index (χ3n) is 3.62. The van der Waals surface area contributed by atoms with Crippen molar-refractivity contribution in [3.8, 4) is 0 Å². The second kappa shape index (κ2) is 15.2. The van der Waals surface area contributed by atoms with Crippen molar-refractivity contribution in [2.24, 2.45) is 5.73 Å². The molecule has 0 aromatic heterocycles. The summed E-state index contributed by atoms with van der Waals surface area (Å²) in [5.41, 5.74) is 5.56. The molecule has 3 N–H and O–H groups in total. The molecule has 1 unspecified atom stereocenters. The van der Waals surface area contributed by atoms with E-state index in [1.54, 1.807) is 0 Å². The quantitative estimate of drug-likeness (QED) is 0.259. The molecule has 0 saturated heterocycles. The average molecular weight is 333 g/mol. The molecular weight excluding hydrogens is 300 g/mol. The Balaban J connectivity index is 3.18. The maximum atomic E-state index is 11.4. The zero-order valence-electron chi connectivity index (χ0n) is 13.8. The molecule has 6 heteroatoms. The Morgan fingerprint density at radius 3 is 2.00 bits per heavy atom. The van der Waals surface area contributed by atoms with Crippen molar-refractivity contribution < 1.29 is 14.3 Å². The molecule has 0 aromatic rings. The number of unbranched alkanes of at least 4 members (excludes halogenated alkanes) is 8. The number of nitrogens with one attached hydrogen (secondary N) is 1. The monoisotopic (exact) mass is 332 g/mol. The van der Waals surface area contributed by atoms with Gasteiger partial charge in [-0.1, -0.05) is 44.9 Å². The topological polar surface area (TPSA) is 81.4 Å². The van der Waals surface area contributed by atoms with E-state index >= 15 is 0 Å². The van der Waals surface area contributed by atoms with Crippen molar-refractivity contribution in [3.05, 3.63) is 0 Å². The minimum Gasteiger partial charge on any atom is -0.469 e. The standard InChI is InChI=1S/C16H32N2O3S/c1-21-15(19)11-9-7-5-3-2-4-6-8-10-12-18-16(20)14(17)13-22/h14,22H,2-13,17H2,1H3,(H,18,20). The molecule has 0 bridgehead atoms. The number of nitrogens with two attached hydrogens (primary N) is 1. The largest absolute Gasteiger partial charge is 0.469 e. The summed E-state index contributed by atoms with van der Waals surface area (Å²) in [6.07, 6.45) is 10.8. The van der Waals surface area contributed by atoms with E-state index in [-0.39, 0.29) is 11.9 Å². The van der Waals surface area contributed by atoms with Crippen LogP contribution in [0.25, 0.3) is 0 Å². The Bertz CT molecular complexity index is 301. The SMILES string of the molecule is COC(=O)CCCCCCCCCCCNC(=O)C(N)CS. The fourth-order valence-corrected chi connectivity index (χ4v) is 2.33. The van der Waals surface area contributed by atoms with Crippen LogP contribution in [0.3, 0.4) is 0 Å². The van der Waals surface area contributed by atoms with Crippen molar-refractivity contribution in [2.75, 3.05) is 19.4 Å². The summed E-state index contributed by atoms with van der Waals surface area (Å²) < 4.78 is 4.60. The van der Waals surface area contributed by atoms with E-state index in [9.17, 15) is 9.59 Å². The first-order chi connectivity index (χ1) is 10.6. The van der Waals surface area contributed by atoms with E-state index in [4.69, 9.17) is 5.73 Å². The fraction of sp³-hybridized carbons (Fsp3) is 0.875. The number of carbonyl (C=O) groups is 2. The van der Waals surface area contributed by atoms with Crippen LogP contribution in [-0.2, 0) is 14.3 Å². The second-order valence-corrected chi connectivity index (χ2v) is 5.95. The number of rotatable bonds is 14. The van der Waals surface area contributed by atoms with E-state index in [2.05, 4.69) is 22.7 Å². The lowest BCUT2D eigenvalue weighted by Gasteiger charge is -2.09. The van der Waals surface area contributed by atoms with Crippen molar-refractivity contribution >= 4 is 24.5 Å². The lowest BCUT2D eigenvalue weighted by atomic mass is 10.1. The summed E-state index contributed by atoms with van der Waals surface area (Å²) in [6, 6.07) is -0.498. The van der Waals surface area contributed by atoms with Crippen LogP contribution in [0.5, 0.6) is 0 Å². The van der Waals surface area contributed by atoms with Gasteiger partial charge in [-0.3, -0.25) is 9.59 Å². The molecule has 22 heavy (non-hydrogen) atoms. The van der Waals surface area contributed by atoms with Gasteiger partial charge in [0.2, 0.25) is 5.91 Å². The predicted molar refractivity (Wildman–Crippen MR) is 93.0 cm³/mol. The first kappa shape index (κ1) is 21.2. The van der Waals surface area contributed by atoms with E-state index in [0.29, 0.717) is 18.7 Å². The van der Waals surface area contributed by atoms with Crippen molar-refractivity contribution in [1.29, 1.82) is 0 Å². The highest BCUT2D eigenvalue weighted by Gasteiger charge is 2.09. The summed E-state index contributed by atoms with van der Waals surface area (Å²) in [4.78, 5) is 22.3. The lowest BCUT2D eigenvalue weighted by molar-refractivity contribution is -0.140. The number of hydrogen-bond donors (Lipinski definition) is 3. The summed E-state index contributed by atoms with van der Waals surface area (Å²) in [5.74, 6) is 0.162. The summed E-state index contributed by atoms with van der Waals surface area (Å²) in [6.45, 7) is 0.702. The van der Waals surface area contributed by atoms with Gasteiger partial charge in [-0.2, -0.15) is 12.6 Å². The van der Waals surface area contributed by atoms with Gasteiger partial charge in [0.15, 0.2) is 0 Å². The van der Waals surface area contributed by atoms with Crippen LogP contribution < -0.4 is 11.1 Å². The Kier molecular flexibility index (Phi) is 14.6. The number of carbonyl (C=O) groups excluding carboxylic acids is 2. The molecule has 0 fully saturated rings. The lowest BCUT2D eigenvalue weighted by Crippen LogP contribution is -2.42. The van der Waals surface area contributed by atoms with Gasteiger partial charge in [-0.15, -0.1) is 0 Å². The van der Waals surface area contributed by atoms with Crippen molar-refractivity contribution in [1.82, 2.24) is 5.32 Å². The molecule has 0 aliphatic rings. The fourth-order valence-electron chi connectivity index (χ4n) is 2.16. The Morgan fingerprint density at radius 2 is 1.50 bits per heavy atom. The zero-order chi connectivity index (χ0) is 16.6. The van der Waals surface area contributed by atoms with Crippen molar-refractivity contribution in [3.63, 3.8) is 0 Å². The van der Waals surface area contributed by atoms with Crippen LogP contribution >= 0.6 is 12.6 Å². The van der Waals surface area contributed by atoms with Gasteiger partial charge in [0.05, 0.1) is 13.2 Å². The number of methoxy groups -OCH3 is 1. The molecule has 0 rings (SSSR count). The smallest absolute Gasteiger partial charge is 0.305 e. The highest BCUT2D eigenvalue weighted by molar-refractivity contribution is 7.80. The molecule has 0 saturated carbocycles. The van der Waals surface area contributed by atoms with Crippen LogP contribution in [0.1, 0.15) is 64.2 Å². The van der Waals surface area contributed by atoms with E-state index in [0.717, 1.165) is 25.7 Å². The third kappa shape index (κ3) is 13.0. The summed E-state index contributed by atoms with van der Waals surface area (Å²) in [7, 11) is 1.43. The normalized spacial score (nSPS) is 12.0. The first-order valence-corrected chi connectivity index (χ1v) is 8.96. The Labute approximate surface area is 140 Å². The van der Waals surface area contributed by atoms with Crippen LogP contribution in [0.15, 0.2) is 0 Å². The highest BCUT2D eigenvalue weighted by Crippen LogP contribution is 2.10. The minimum absolute atomic E-state index is 0.109. The number of ether oxygens (including phenoxy) is 1. The van der Waals surface area contributed by atoms with Gasteiger partial charge in [0.1, 0.15) is 0 Å². The molecule has 0 spiro atoms. The van der Waals surface area contributed by atoms with E-state index in [1.807, 2.05) is 0 Å². The second-order valence-electron chi connectivity index (χ2n) is 5.59. The molecule has 130 valence electrons. The van der Waals surface area contributed by atoms with Crippen molar-refractivity contribution in [2.45, 2.75) is 70.3 Å². The average Bonchev–Trinajstić information content (AvgIpc) is 2.54. The zero-order valence-corrected chi connectivity index (χ0v) is 14.7. The molecular formula is C16H32N2O3S. The van der Waals surface area contributed by atoms with Crippen LogP contribution in [0.4, 0.5) is 0 Å². The molecule has 0 heterocycles. The number of thiol groups is 1. The summed E-state index contributed by atoms with van der Waals surface area (Å²) >= 11 is 3.99. The molecule has 1 atom stereocenters. The minimum atomic E-state index is -0.498. The van der Waals surface area contributed by atoms with Gasteiger partial charge >= 0.3 is 5.97 Å². The molecule has 0 aliphatic heterocycles. The first-order valence-electron chi connectivity index (χ1n) is 8.32. The van der Waals surface area contributed by atoms with Crippen LogP contribution in [0, 0.1) is 0 Å². The van der Waals surface area contributed by atoms with Gasteiger partial charge in [0, 0.05) is 18.7 Å². The van der Waals surface area contributed by atoms with E-state index in [1.165, 1.54) is 39.2 Å². The van der Waals surface area contributed by atoms with Crippen LogP contribution in [-0.4, -0.2) is 37.3 Å². The summed E-state index contributed by atoms with van der Waals surface area (Å²) in [5, 5.41) is 2.82. The van der Waals surface area contributed by atoms with Gasteiger partial charge < -0.3 is 15.8 Å². The third-order valence-corrected chi connectivity index (χ3v) is 4.01. The van der Waals surface area contributed by atoms with Gasteiger partial charge in [-0.05, 0) is 12.8 Å². The Hall–Kier alpha value is -0.750. The molecule has 1 amide bonds. The molecule has 0 aliphatic carbocycles. The number of esters is 1. The van der Waals surface area contributed by atoms with Gasteiger partial charge in [-0.25, -0.2) is 0 Å².